The van der Waals surface area contributed by atoms with E-state index in [1.807, 2.05) is 45.0 Å². The number of amides is 1. The lowest BCUT2D eigenvalue weighted by molar-refractivity contribution is -0.140. The average Bonchev–Trinajstić information content (AvgIpc) is 2.43. The van der Waals surface area contributed by atoms with E-state index < -0.39 is 0 Å². The van der Waals surface area contributed by atoms with Crippen molar-refractivity contribution in [3.05, 3.63) is 42.5 Å². The maximum Gasteiger partial charge on any atom is 0.248 e. The van der Waals surface area contributed by atoms with Gasteiger partial charge in [-0.25, -0.2) is 0 Å². The fourth-order valence-electron chi connectivity index (χ4n) is 1.60. The van der Waals surface area contributed by atoms with Crippen molar-refractivity contribution in [2.75, 3.05) is 20.3 Å². The van der Waals surface area contributed by atoms with Gasteiger partial charge in [-0.2, -0.15) is 0 Å². The van der Waals surface area contributed by atoms with Crippen molar-refractivity contribution >= 4 is 5.91 Å². The van der Waals surface area contributed by atoms with Crippen molar-refractivity contribution < 1.29 is 14.3 Å². The van der Waals surface area contributed by atoms with Crippen molar-refractivity contribution in [2.24, 2.45) is 0 Å². The highest BCUT2D eigenvalue weighted by molar-refractivity contribution is 5.77. The minimum Gasteiger partial charge on any atom is -0.490 e. The van der Waals surface area contributed by atoms with Crippen LogP contribution < -0.4 is 4.74 Å². The molecule has 0 aromatic heterocycles. The van der Waals surface area contributed by atoms with E-state index in [0.717, 1.165) is 11.3 Å². The van der Waals surface area contributed by atoms with Gasteiger partial charge in [0.2, 0.25) is 5.91 Å². The molecule has 0 radical (unpaired) electrons. The highest BCUT2D eigenvalue weighted by atomic mass is 16.5. The molecule has 0 atom stereocenters. The van der Waals surface area contributed by atoms with Crippen molar-refractivity contribution in [3.8, 4) is 5.75 Å². The molecule has 21 heavy (non-hydrogen) atoms. The van der Waals surface area contributed by atoms with Gasteiger partial charge < -0.3 is 14.4 Å². The first-order valence-corrected chi connectivity index (χ1v) is 7.02. The lowest BCUT2D eigenvalue weighted by Crippen LogP contribution is -2.33. The largest absolute Gasteiger partial charge is 0.490 e. The number of nitrogens with zero attached hydrogens (tertiary/aromatic N) is 1. The second-order valence-electron chi connectivity index (χ2n) is 5.89. The molecule has 1 aromatic carbocycles. The highest BCUT2D eigenvalue weighted by Gasteiger charge is 2.15. The van der Waals surface area contributed by atoms with Gasteiger partial charge in [0.25, 0.3) is 0 Å². The lowest BCUT2D eigenvalue weighted by atomic mass is 10.2. The van der Waals surface area contributed by atoms with E-state index in [9.17, 15) is 4.79 Å². The molecule has 4 nitrogen and oxygen atoms in total. The average molecular weight is 291 g/mol. The van der Waals surface area contributed by atoms with E-state index in [1.165, 1.54) is 0 Å². The third-order valence-corrected chi connectivity index (χ3v) is 2.77. The zero-order chi connectivity index (χ0) is 15.9. The first-order chi connectivity index (χ1) is 9.81. The fraction of sp³-hybridized carbons (Fsp3) is 0.471. The normalized spacial score (nSPS) is 11.0. The molecule has 0 spiro atoms. The van der Waals surface area contributed by atoms with Crippen LogP contribution in [0.15, 0.2) is 36.9 Å². The Balaban J connectivity index is 2.48. The van der Waals surface area contributed by atoms with Gasteiger partial charge in [0.15, 0.2) is 0 Å². The van der Waals surface area contributed by atoms with E-state index in [0.29, 0.717) is 13.2 Å². The molecule has 1 aromatic rings. The van der Waals surface area contributed by atoms with Gasteiger partial charge in [-0.3, -0.25) is 4.79 Å². The van der Waals surface area contributed by atoms with Gasteiger partial charge >= 0.3 is 0 Å². The number of hydrogen-bond donors (Lipinski definition) is 0. The number of carbonyl (C=O) groups excluding carboxylic acids is 1. The summed E-state index contributed by atoms with van der Waals surface area (Å²) in [6, 6.07) is 7.69. The highest BCUT2D eigenvalue weighted by Crippen LogP contribution is 2.14. The van der Waals surface area contributed by atoms with Gasteiger partial charge in [-0.15, -0.1) is 0 Å². The molecule has 1 rings (SSSR count). The van der Waals surface area contributed by atoms with Crippen LogP contribution in [0.4, 0.5) is 0 Å². The molecule has 116 valence electrons. The Bertz CT molecular complexity index is 460. The smallest absolute Gasteiger partial charge is 0.248 e. The number of rotatable bonds is 7. The number of hydrogen-bond acceptors (Lipinski definition) is 3. The fourth-order valence-corrected chi connectivity index (χ4v) is 1.60. The minimum absolute atomic E-state index is 0.0306. The van der Waals surface area contributed by atoms with Crippen LogP contribution in [0.2, 0.25) is 0 Å². The Morgan fingerprint density at radius 2 is 1.90 bits per heavy atom. The van der Waals surface area contributed by atoms with Gasteiger partial charge in [-0.1, -0.05) is 24.8 Å². The first kappa shape index (κ1) is 17.2. The summed E-state index contributed by atoms with van der Waals surface area (Å²) in [5.74, 6) is 0.764. The molecule has 0 saturated carbocycles. The predicted molar refractivity (Wildman–Crippen MR) is 84.3 cm³/mol. The molecule has 0 aliphatic carbocycles. The molecule has 1 amide bonds. The predicted octanol–water partition coefficient (Wildman–Crippen LogP) is 3.02. The Hall–Kier alpha value is -1.81. The summed E-state index contributed by atoms with van der Waals surface area (Å²) < 4.78 is 10.9. The standard InChI is InChI=1S/C17H25NO3/c1-6-11-20-15-9-7-14(8-10-15)12-18(5)16(19)13-21-17(2,3)4/h6-10H,1,11-13H2,2-5H3. The summed E-state index contributed by atoms with van der Waals surface area (Å²) in [4.78, 5) is 13.6. The Kier molecular flexibility index (Phi) is 6.43. The summed E-state index contributed by atoms with van der Waals surface area (Å²) in [7, 11) is 1.77. The van der Waals surface area contributed by atoms with Gasteiger partial charge in [0.05, 0.1) is 5.60 Å². The van der Waals surface area contributed by atoms with Crippen LogP contribution in [-0.4, -0.2) is 36.7 Å². The van der Waals surface area contributed by atoms with Crippen LogP contribution in [-0.2, 0) is 16.1 Å². The van der Waals surface area contributed by atoms with Crippen LogP contribution in [0.25, 0.3) is 0 Å². The number of carbonyl (C=O) groups is 1. The van der Waals surface area contributed by atoms with E-state index in [2.05, 4.69) is 6.58 Å². The third kappa shape index (κ3) is 6.95. The maximum absolute atomic E-state index is 12.0. The van der Waals surface area contributed by atoms with Crippen molar-refractivity contribution in [3.63, 3.8) is 0 Å². The molecular weight excluding hydrogens is 266 g/mol. The third-order valence-electron chi connectivity index (χ3n) is 2.77. The molecule has 0 aliphatic rings. The SMILES string of the molecule is C=CCOc1ccc(CN(C)C(=O)COC(C)(C)C)cc1. The van der Waals surface area contributed by atoms with E-state index in [1.54, 1.807) is 18.0 Å². The number of benzene rings is 1. The van der Waals surface area contributed by atoms with Crippen LogP contribution in [0, 0.1) is 0 Å². The Labute approximate surface area is 127 Å². The van der Waals surface area contributed by atoms with Crippen molar-refractivity contribution in [1.82, 2.24) is 4.90 Å². The van der Waals surface area contributed by atoms with E-state index in [-0.39, 0.29) is 18.1 Å². The summed E-state index contributed by atoms with van der Waals surface area (Å²) in [6.07, 6.45) is 1.70. The topological polar surface area (TPSA) is 38.8 Å². The van der Waals surface area contributed by atoms with Crippen LogP contribution in [0.3, 0.4) is 0 Å². The van der Waals surface area contributed by atoms with Crippen LogP contribution >= 0.6 is 0 Å². The van der Waals surface area contributed by atoms with Gasteiger partial charge in [0, 0.05) is 13.6 Å². The molecule has 0 N–H and O–H groups in total. The Morgan fingerprint density at radius 3 is 2.43 bits per heavy atom. The molecule has 4 heteroatoms. The van der Waals surface area contributed by atoms with Crippen molar-refractivity contribution in [1.29, 1.82) is 0 Å². The zero-order valence-corrected chi connectivity index (χ0v) is 13.4. The molecule has 0 unspecified atom stereocenters. The summed E-state index contributed by atoms with van der Waals surface area (Å²) in [5.41, 5.74) is 0.744. The second kappa shape index (κ2) is 7.84. The molecule has 0 bridgehead atoms. The number of ether oxygens (including phenoxy) is 2. The lowest BCUT2D eigenvalue weighted by Gasteiger charge is -2.22. The summed E-state index contributed by atoms with van der Waals surface area (Å²) in [5, 5.41) is 0. The second-order valence-corrected chi connectivity index (χ2v) is 5.89. The van der Waals surface area contributed by atoms with Crippen LogP contribution in [0.1, 0.15) is 26.3 Å². The minimum atomic E-state index is -0.305. The van der Waals surface area contributed by atoms with Gasteiger partial charge in [0.1, 0.15) is 19.0 Å². The summed E-state index contributed by atoms with van der Waals surface area (Å²) >= 11 is 0. The molecule has 0 heterocycles. The zero-order valence-electron chi connectivity index (χ0n) is 13.4. The van der Waals surface area contributed by atoms with E-state index >= 15 is 0 Å². The quantitative estimate of drug-likeness (QED) is 0.725. The first-order valence-electron chi connectivity index (χ1n) is 7.02. The molecule has 0 aliphatic heterocycles. The molecular formula is C17H25NO3. The Morgan fingerprint density at radius 1 is 1.29 bits per heavy atom. The number of likely N-dealkylation sites (N-methyl/N-ethyl adjacent to an activating group) is 1. The molecule has 0 fully saturated rings. The van der Waals surface area contributed by atoms with Gasteiger partial charge in [-0.05, 0) is 38.5 Å². The monoisotopic (exact) mass is 291 g/mol. The molecule has 0 saturated heterocycles. The van der Waals surface area contributed by atoms with Crippen LogP contribution in [0.5, 0.6) is 5.75 Å². The maximum atomic E-state index is 12.0. The van der Waals surface area contributed by atoms with Crippen molar-refractivity contribution in [2.45, 2.75) is 32.9 Å². The van der Waals surface area contributed by atoms with E-state index in [4.69, 9.17) is 9.47 Å². The summed E-state index contributed by atoms with van der Waals surface area (Å²) in [6.45, 7) is 10.5.